The highest BCUT2D eigenvalue weighted by Crippen LogP contribution is 1.69. The Kier molecular flexibility index (Phi) is 3.41. The van der Waals surface area contributed by atoms with Gasteiger partial charge in [-0.25, -0.2) is 4.57 Å². The molecule has 0 aliphatic heterocycles. The predicted molar refractivity (Wildman–Crippen MR) is 44.1 cm³/mol. The number of rotatable bonds is 5. The number of hydrogen-bond acceptors (Lipinski definition) is 1. The summed E-state index contributed by atoms with van der Waals surface area (Å²) in [7, 11) is 0. The van der Waals surface area contributed by atoms with E-state index in [0.29, 0.717) is 0 Å². The van der Waals surface area contributed by atoms with Gasteiger partial charge in [0.25, 0.3) is 0 Å². The number of nitrogens with one attached hydrogen (secondary N) is 2. The van der Waals surface area contributed by atoms with Crippen LogP contribution in [0.15, 0.2) is 31.4 Å². The van der Waals surface area contributed by atoms with Crippen molar-refractivity contribution in [2.75, 3.05) is 13.1 Å². The molecular weight excluding hydrogens is 138 g/mol. The van der Waals surface area contributed by atoms with Crippen LogP contribution in [0.4, 0.5) is 0 Å². The number of aromatic amines is 1. The van der Waals surface area contributed by atoms with Gasteiger partial charge in [-0.3, -0.25) is 4.98 Å². The summed E-state index contributed by atoms with van der Waals surface area (Å²) in [6.45, 7) is 6.48. The van der Waals surface area contributed by atoms with Crippen molar-refractivity contribution in [3.8, 4) is 0 Å². The van der Waals surface area contributed by atoms with E-state index in [1.807, 2.05) is 24.8 Å². The second-order valence-corrected chi connectivity index (χ2v) is 2.34. The summed E-state index contributed by atoms with van der Waals surface area (Å²) in [5, 5.41) is 3.22. The van der Waals surface area contributed by atoms with Crippen molar-refractivity contribution < 1.29 is 4.57 Å². The monoisotopic (exact) mass is 152 g/mol. The first-order chi connectivity index (χ1) is 5.43. The Morgan fingerprint density at radius 3 is 3.18 bits per heavy atom. The molecule has 0 bridgehead atoms. The molecule has 2 N–H and O–H groups in total. The Bertz CT molecular complexity index is 191. The molecule has 3 heteroatoms. The van der Waals surface area contributed by atoms with E-state index in [2.05, 4.69) is 21.4 Å². The van der Waals surface area contributed by atoms with E-state index in [1.165, 1.54) is 0 Å². The summed E-state index contributed by atoms with van der Waals surface area (Å²) < 4.78 is 2.09. The lowest BCUT2D eigenvalue weighted by atomic mass is 10.5. The minimum Gasteiger partial charge on any atom is -0.309 e. The third-order valence-corrected chi connectivity index (χ3v) is 1.44. The second-order valence-electron chi connectivity index (χ2n) is 2.34. The van der Waals surface area contributed by atoms with Gasteiger partial charge in [0.05, 0.1) is 0 Å². The average molecular weight is 152 g/mol. The van der Waals surface area contributed by atoms with Gasteiger partial charge >= 0.3 is 0 Å². The molecule has 0 fully saturated rings. The molecule has 0 spiro atoms. The Morgan fingerprint density at radius 2 is 2.55 bits per heavy atom. The van der Waals surface area contributed by atoms with Crippen molar-refractivity contribution in [2.24, 2.45) is 0 Å². The SMILES string of the molecule is C=CCNCC[n+]1cc[nH]c1. The fourth-order valence-electron chi connectivity index (χ4n) is 0.872. The fourth-order valence-corrected chi connectivity index (χ4v) is 0.872. The molecule has 1 aromatic heterocycles. The van der Waals surface area contributed by atoms with E-state index in [1.54, 1.807) is 0 Å². The molecule has 1 rings (SSSR count). The van der Waals surface area contributed by atoms with E-state index >= 15 is 0 Å². The number of nitrogens with zero attached hydrogens (tertiary/aromatic N) is 1. The highest BCUT2D eigenvalue weighted by molar-refractivity contribution is 4.68. The van der Waals surface area contributed by atoms with Crippen LogP contribution >= 0.6 is 0 Å². The van der Waals surface area contributed by atoms with Crippen LogP contribution in [0, 0.1) is 0 Å². The Hall–Kier alpha value is -1.09. The zero-order chi connectivity index (χ0) is 7.94. The van der Waals surface area contributed by atoms with Gasteiger partial charge in [-0.05, 0) is 0 Å². The van der Waals surface area contributed by atoms with Crippen LogP contribution in [0.25, 0.3) is 0 Å². The topological polar surface area (TPSA) is 31.7 Å². The smallest absolute Gasteiger partial charge is 0.241 e. The van der Waals surface area contributed by atoms with E-state index in [4.69, 9.17) is 0 Å². The first kappa shape index (κ1) is 8.01. The lowest BCUT2D eigenvalue weighted by Gasteiger charge is -1.96. The van der Waals surface area contributed by atoms with Gasteiger partial charge in [0.2, 0.25) is 6.33 Å². The molecule has 0 aliphatic carbocycles. The zero-order valence-electron chi connectivity index (χ0n) is 6.59. The van der Waals surface area contributed by atoms with Crippen LogP contribution in [0.3, 0.4) is 0 Å². The van der Waals surface area contributed by atoms with Crippen molar-refractivity contribution in [2.45, 2.75) is 6.54 Å². The van der Waals surface area contributed by atoms with E-state index < -0.39 is 0 Å². The molecule has 0 atom stereocenters. The largest absolute Gasteiger partial charge is 0.309 e. The van der Waals surface area contributed by atoms with Crippen LogP contribution in [-0.4, -0.2) is 18.1 Å². The van der Waals surface area contributed by atoms with Gasteiger partial charge in [-0.2, -0.15) is 0 Å². The third kappa shape index (κ3) is 3.00. The summed E-state index contributed by atoms with van der Waals surface area (Å²) in [6.07, 6.45) is 7.72. The number of imidazole rings is 1. The summed E-state index contributed by atoms with van der Waals surface area (Å²) in [5.74, 6) is 0. The van der Waals surface area contributed by atoms with Gasteiger partial charge < -0.3 is 5.32 Å². The maximum atomic E-state index is 3.62. The van der Waals surface area contributed by atoms with Gasteiger partial charge in [-0.1, -0.05) is 6.08 Å². The van der Waals surface area contributed by atoms with Crippen LogP contribution in [0.5, 0.6) is 0 Å². The molecule has 1 aromatic rings. The van der Waals surface area contributed by atoms with Gasteiger partial charge in [0.15, 0.2) is 0 Å². The molecule has 0 amide bonds. The van der Waals surface area contributed by atoms with Crippen molar-refractivity contribution in [3.63, 3.8) is 0 Å². The van der Waals surface area contributed by atoms with E-state index in [0.717, 1.165) is 19.6 Å². The van der Waals surface area contributed by atoms with Crippen molar-refractivity contribution >= 4 is 0 Å². The fraction of sp³-hybridized carbons (Fsp3) is 0.375. The Balaban J connectivity index is 2.09. The summed E-state index contributed by atoms with van der Waals surface area (Å²) in [4.78, 5) is 2.99. The van der Waals surface area contributed by atoms with Crippen molar-refractivity contribution in [1.29, 1.82) is 0 Å². The van der Waals surface area contributed by atoms with Crippen molar-refractivity contribution in [3.05, 3.63) is 31.4 Å². The Labute approximate surface area is 66.8 Å². The second kappa shape index (κ2) is 4.68. The molecule has 11 heavy (non-hydrogen) atoms. The summed E-state index contributed by atoms with van der Waals surface area (Å²) in [5.41, 5.74) is 0. The molecule has 1 heterocycles. The number of aromatic nitrogens is 2. The molecule has 3 nitrogen and oxygen atoms in total. The molecule has 0 saturated heterocycles. The molecular formula is C8H14N3+. The highest BCUT2D eigenvalue weighted by atomic mass is 15.0. The quantitative estimate of drug-likeness (QED) is 0.349. The lowest BCUT2D eigenvalue weighted by Crippen LogP contribution is -2.36. The number of hydrogen-bond donors (Lipinski definition) is 2. The normalized spacial score (nSPS) is 9.82. The predicted octanol–water partition coefficient (Wildman–Crippen LogP) is 0.0778. The third-order valence-electron chi connectivity index (χ3n) is 1.44. The van der Waals surface area contributed by atoms with E-state index in [-0.39, 0.29) is 0 Å². The van der Waals surface area contributed by atoms with Crippen molar-refractivity contribution in [1.82, 2.24) is 10.3 Å². The minimum absolute atomic E-state index is 0.880. The van der Waals surface area contributed by atoms with Crippen LogP contribution in [0.1, 0.15) is 0 Å². The summed E-state index contributed by atoms with van der Waals surface area (Å²) in [6, 6.07) is 0. The van der Waals surface area contributed by atoms with Crippen LogP contribution in [-0.2, 0) is 6.54 Å². The lowest BCUT2D eigenvalue weighted by molar-refractivity contribution is -0.693. The maximum Gasteiger partial charge on any atom is 0.241 e. The van der Waals surface area contributed by atoms with Crippen LogP contribution in [0.2, 0.25) is 0 Å². The number of H-pyrrole nitrogens is 1. The molecule has 0 radical (unpaired) electrons. The standard InChI is InChI=1S/C8H13N3/c1-2-3-9-4-6-11-7-5-10-8-11/h2,5,7-9H,1,3-4,6H2/p+1. The molecule has 0 aliphatic rings. The first-order valence-electron chi connectivity index (χ1n) is 3.77. The minimum atomic E-state index is 0.880. The summed E-state index contributed by atoms with van der Waals surface area (Å²) >= 11 is 0. The highest BCUT2D eigenvalue weighted by Gasteiger charge is 1.93. The van der Waals surface area contributed by atoms with Crippen LogP contribution < -0.4 is 9.88 Å². The first-order valence-corrected chi connectivity index (χ1v) is 3.77. The zero-order valence-corrected chi connectivity index (χ0v) is 6.59. The van der Waals surface area contributed by atoms with E-state index in [9.17, 15) is 0 Å². The van der Waals surface area contributed by atoms with Gasteiger partial charge in [0, 0.05) is 13.1 Å². The molecule has 0 unspecified atom stereocenters. The Morgan fingerprint density at radius 1 is 1.64 bits per heavy atom. The molecule has 0 aromatic carbocycles. The van der Waals surface area contributed by atoms with Gasteiger partial charge in [0.1, 0.15) is 18.9 Å². The average Bonchev–Trinajstić information content (AvgIpc) is 2.50. The maximum absolute atomic E-state index is 3.62. The van der Waals surface area contributed by atoms with Gasteiger partial charge in [-0.15, -0.1) is 6.58 Å². The molecule has 0 saturated carbocycles. The molecule has 60 valence electrons.